The summed E-state index contributed by atoms with van der Waals surface area (Å²) in [5.41, 5.74) is 0.925. The molecule has 1 heterocycles. The Balaban J connectivity index is 2.04. The van der Waals surface area contributed by atoms with E-state index in [1.54, 1.807) is 11.3 Å². The summed E-state index contributed by atoms with van der Waals surface area (Å²) < 4.78 is 0. The lowest BCUT2D eigenvalue weighted by Gasteiger charge is -2.14. The Morgan fingerprint density at radius 3 is 2.82 bits per heavy atom. The van der Waals surface area contributed by atoms with Crippen molar-refractivity contribution in [1.82, 2.24) is 10.3 Å². The van der Waals surface area contributed by atoms with Gasteiger partial charge in [-0.1, -0.05) is 6.42 Å². The molecule has 1 rings (SSSR count). The van der Waals surface area contributed by atoms with Crippen LogP contribution < -0.4 is 5.32 Å². The van der Waals surface area contributed by atoms with Gasteiger partial charge in [-0.05, 0) is 40.2 Å². The monoisotopic (exact) mass is 251 g/mol. The van der Waals surface area contributed by atoms with Gasteiger partial charge in [0.1, 0.15) is 5.01 Å². The summed E-state index contributed by atoms with van der Waals surface area (Å²) >= 11 is 1.70. The maximum Gasteiger partial charge on any atom is 0.107 e. The average Bonchev–Trinajstić information content (AvgIpc) is 2.69. The van der Waals surface area contributed by atoms with E-state index >= 15 is 0 Å². The third kappa shape index (κ3) is 5.81. The van der Waals surface area contributed by atoms with Crippen molar-refractivity contribution in [2.45, 2.75) is 46.6 Å². The van der Waals surface area contributed by atoms with Gasteiger partial charge in [-0.25, -0.2) is 4.98 Å². The van der Waals surface area contributed by atoms with E-state index in [-0.39, 0.29) is 5.41 Å². The van der Waals surface area contributed by atoms with Gasteiger partial charge in [-0.15, -0.1) is 11.3 Å². The normalized spacial score (nSPS) is 11.4. The van der Waals surface area contributed by atoms with Gasteiger partial charge in [0.15, 0.2) is 0 Å². The standard InChI is InChI=1S/C13H21N3S/c1-11-9-17-12(16-11)8-15-7-5-4-6-13(2,3)10-14/h9,15H,4-8H2,1-3H3. The van der Waals surface area contributed by atoms with Crippen LogP contribution in [0.2, 0.25) is 0 Å². The van der Waals surface area contributed by atoms with E-state index in [9.17, 15) is 0 Å². The third-order valence-corrected chi connectivity index (χ3v) is 3.62. The van der Waals surface area contributed by atoms with Crippen LogP contribution in [0, 0.1) is 23.7 Å². The predicted molar refractivity (Wildman–Crippen MR) is 71.8 cm³/mol. The SMILES string of the molecule is Cc1csc(CNCCCCC(C)(C)C#N)n1. The van der Waals surface area contributed by atoms with Gasteiger partial charge in [-0.2, -0.15) is 5.26 Å². The molecule has 0 fully saturated rings. The zero-order valence-corrected chi connectivity index (χ0v) is 11.7. The second-order valence-corrected chi connectivity index (χ2v) is 5.95. The molecule has 0 amide bonds. The lowest BCUT2D eigenvalue weighted by Crippen LogP contribution is -2.15. The third-order valence-electron chi connectivity index (χ3n) is 2.65. The molecule has 0 aliphatic heterocycles. The van der Waals surface area contributed by atoms with Gasteiger partial charge < -0.3 is 5.32 Å². The molecule has 3 nitrogen and oxygen atoms in total. The number of hydrogen-bond donors (Lipinski definition) is 1. The van der Waals surface area contributed by atoms with Gasteiger partial charge in [0, 0.05) is 17.6 Å². The van der Waals surface area contributed by atoms with Crippen LogP contribution >= 0.6 is 11.3 Å². The molecule has 17 heavy (non-hydrogen) atoms. The van der Waals surface area contributed by atoms with Crippen molar-refractivity contribution in [2.24, 2.45) is 5.41 Å². The van der Waals surface area contributed by atoms with Gasteiger partial charge in [0.05, 0.1) is 11.5 Å². The van der Waals surface area contributed by atoms with Crippen molar-refractivity contribution >= 4 is 11.3 Å². The van der Waals surface area contributed by atoms with Gasteiger partial charge >= 0.3 is 0 Å². The smallest absolute Gasteiger partial charge is 0.107 e. The molecular formula is C13H21N3S. The van der Waals surface area contributed by atoms with Crippen LogP contribution in [0.4, 0.5) is 0 Å². The van der Waals surface area contributed by atoms with Crippen molar-refractivity contribution in [3.8, 4) is 6.07 Å². The molecule has 0 bridgehead atoms. The highest BCUT2D eigenvalue weighted by atomic mass is 32.1. The molecule has 1 aromatic rings. The first-order valence-corrected chi connectivity index (χ1v) is 6.94. The largest absolute Gasteiger partial charge is 0.310 e. The molecule has 0 aliphatic rings. The minimum absolute atomic E-state index is 0.174. The second-order valence-electron chi connectivity index (χ2n) is 5.01. The van der Waals surface area contributed by atoms with Gasteiger partial charge in [0.2, 0.25) is 0 Å². The van der Waals surface area contributed by atoms with Gasteiger partial charge in [0.25, 0.3) is 0 Å². The minimum atomic E-state index is -0.174. The summed E-state index contributed by atoms with van der Waals surface area (Å²) in [6.07, 6.45) is 3.20. The van der Waals surface area contributed by atoms with E-state index in [0.29, 0.717) is 0 Å². The zero-order valence-electron chi connectivity index (χ0n) is 10.9. The fraction of sp³-hybridized carbons (Fsp3) is 0.692. The fourth-order valence-corrected chi connectivity index (χ4v) is 2.29. The van der Waals surface area contributed by atoms with Crippen LogP contribution in [0.15, 0.2) is 5.38 Å². The van der Waals surface area contributed by atoms with Crippen LogP contribution in [-0.4, -0.2) is 11.5 Å². The lowest BCUT2D eigenvalue weighted by molar-refractivity contribution is 0.422. The number of nitrogens with one attached hydrogen (secondary N) is 1. The molecule has 0 saturated carbocycles. The number of nitriles is 1. The Morgan fingerprint density at radius 1 is 1.47 bits per heavy atom. The van der Waals surface area contributed by atoms with Crippen LogP contribution in [0.1, 0.15) is 43.8 Å². The van der Waals surface area contributed by atoms with Gasteiger partial charge in [-0.3, -0.25) is 0 Å². The number of hydrogen-bond acceptors (Lipinski definition) is 4. The molecule has 0 atom stereocenters. The van der Waals surface area contributed by atoms with Crippen molar-refractivity contribution in [3.05, 3.63) is 16.1 Å². The summed E-state index contributed by atoms with van der Waals surface area (Å²) in [6.45, 7) is 7.88. The Bertz CT molecular complexity index is 376. The van der Waals surface area contributed by atoms with Crippen LogP contribution in [0.5, 0.6) is 0 Å². The van der Waals surface area contributed by atoms with Crippen molar-refractivity contribution < 1.29 is 0 Å². The molecule has 94 valence electrons. The first-order chi connectivity index (χ1) is 8.03. The maximum absolute atomic E-state index is 8.88. The quantitative estimate of drug-likeness (QED) is 0.757. The number of rotatable bonds is 7. The highest BCUT2D eigenvalue weighted by molar-refractivity contribution is 7.09. The Labute approximate surface area is 108 Å². The number of thiazole rings is 1. The van der Waals surface area contributed by atoms with Crippen LogP contribution in [-0.2, 0) is 6.54 Å². The van der Waals surface area contributed by atoms with E-state index in [1.165, 1.54) is 0 Å². The van der Waals surface area contributed by atoms with E-state index in [0.717, 1.165) is 43.1 Å². The molecule has 1 aromatic heterocycles. The van der Waals surface area contributed by atoms with E-state index in [1.807, 2.05) is 20.8 Å². The van der Waals surface area contributed by atoms with E-state index < -0.39 is 0 Å². The highest BCUT2D eigenvalue weighted by Crippen LogP contribution is 2.21. The van der Waals surface area contributed by atoms with E-state index in [4.69, 9.17) is 5.26 Å². The number of unbranched alkanes of at least 4 members (excludes halogenated alkanes) is 1. The van der Waals surface area contributed by atoms with Crippen LogP contribution in [0.25, 0.3) is 0 Å². The molecule has 0 radical (unpaired) electrons. The number of nitrogens with zero attached hydrogens (tertiary/aromatic N) is 2. The molecule has 0 aromatic carbocycles. The molecule has 0 spiro atoms. The lowest BCUT2D eigenvalue weighted by atomic mass is 9.89. The van der Waals surface area contributed by atoms with Crippen LogP contribution in [0.3, 0.4) is 0 Å². The topological polar surface area (TPSA) is 48.7 Å². The number of aromatic nitrogens is 1. The molecule has 0 saturated heterocycles. The van der Waals surface area contributed by atoms with Crippen molar-refractivity contribution in [3.63, 3.8) is 0 Å². The molecule has 0 aliphatic carbocycles. The minimum Gasteiger partial charge on any atom is -0.310 e. The summed E-state index contributed by atoms with van der Waals surface area (Å²) in [5, 5.41) is 15.5. The first-order valence-electron chi connectivity index (χ1n) is 6.06. The Hall–Kier alpha value is -0.920. The molecule has 4 heteroatoms. The average molecular weight is 251 g/mol. The molecular weight excluding hydrogens is 230 g/mol. The molecule has 0 unspecified atom stereocenters. The summed E-state index contributed by atoms with van der Waals surface area (Å²) in [4.78, 5) is 4.39. The second kappa shape index (κ2) is 6.73. The van der Waals surface area contributed by atoms with Crippen molar-refractivity contribution in [1.29, 1.82) is 5.26 Å². The van der Waals surface area contributed by atoms with E-state index in [2.05, 4.69) is 21.8 Å². The number of aryl methyl sites for hydroxylation is 1. The highest BCUT2D eigenvalue weighted by Gasteiger charge is 2.15. The zero-order chi connectivity index (χ0) is 12.7. The summed E-state index contributed by atoms with van der Waals surface area (Å²) in [6, 6.07) is 2.33. The van der Waals surface area contributed by atoms with Crippen molar-refractivity contribution in [2.75, 3.05) is 6.54 Å². The Morgan fingerprint density at radius 2 is 2.24 bits per heavy atom. The maximum atomic E-state index is 8.88. The molecule has 1 N–H and O–H groups in total. The first kappa shape index (κ1) is 14.1. The summed E-state index contributed by atoms with van der Waals surface area (Å²) in [7, 11) is 0. The Kier molecular flexibility index (Phi) is 5.60. The fourth-order valence-electron chi connectivity index (χ4n) is 1.55. The summed E-state index contributed by atoms with van der Waals surface area (Å²) in [5.74, 6) is 0. The predicted octanol–water partition coefficient (Wildman–Crippen LogP) is 3.26.